The van der Waals surface area contributed by atoms with Crippen molar-refractivity contribution in [1.29, 1.82) is 0 Å². The van der Waals surface area contributed by atoms with Gasteiger partial charge in [0, 0.05) is 36.0 Å². The molecule has 1 atom stereocenters. The van der Waals surface area contributed by atoms with Gasteiger partial charge in [0.05, 0.1) is 10.6 Å². The van der Waals surface area contributed by atoms with Crippen molar-refractivity contribution < 1.29 is 28.0 Å². The number of ether oxygens (including phenoxy) is 1. The van der Waals surface area contributed by atoms with E-state index in [1.54, 1.807) is 6.07 Å². The first-order valence-corrected chi connectivity index (χ1v) is 8.58. The Kier molecular flexibility index (Phi) is 4.45. The van der Waals surface area contributed by atoms with Crippen LogP contribution < -0.4 is 4.90 Å². The molecule has 8 nitrogen and oxygen atoms in total. The number of anilines is 1. The van der Waals surface area contributed by atoms with E-state index in [2.05, 4.69) is 4.98 Å². The summed E-state index contributed by atoms with van der Waals surface area (Å²) < 4.78 is 32.4. The van der Waals surface area contributed by atoms with Gasteiger partial charge in [0.15, 0.2) is 17.7 Å². The third-order valence-corrected chi connectivity index (χ3v) is 4.67. The molecule has 1 amide bonds. The van der Waals surface area contributed by atoms with E-state index in [0.29, 0.717) is 5.69 Å². The summed E-state index contributed by atoms with van der Waals surface area (Å²) in [6.07, 6.45) is -0.897. The number of hydrogen-bond acceptors (Lipinski definition) is 5. The average molecular weight is 401 g/mol. The van der Waals surface area contributed by atoms with Crippen LogP contribution in [0.25, 0.3) is 10.9 Å². The number of carbonyl (C=O) groups is 2. The Labute approximate surface area is 161 Å². The second-order valence-corrected chi connectivity index (χ2v) is 6.46. The number of nitro benzene ring substituents is 1. The first kappa shape index (κ1) is 18.5. The number of hydrogen-bond donors (Lipinski definition) is 1. The van der Waals surface area contributed by atoms with Crippen LogP contribution in [0.1, 0.15) is 16.9 Å². The molecule has 1 unspecified atom stereocenters. The lowest BCUT2D eigenvalue weighted by Gasteiger charge is -2.16. The number of non-ortho nitro benzene ring substituents is 1. The van der Waals surface area contributed by atoms with E-state index < -0.39 is 34.5 Å². The Morgan fingerprint density at radius 2 is 2.03 bits per heavy atom. The molecule has 4 rings (SSSR count). The van der Waals surface area contributed by atoms with Gasteiger partial charge in [-0.3, -0.25) is 14.9 Å². The molecule has 3 aromatic rings. The molecule has 2 heterocycles. The minimum atomic E-state index is -1.09. The molecule has 0 radical (unpaired) electrons. The molecule has 2 aromatic carbocycles. The monoisotopic (exact) mass is 401 g/mol. The number of nitrogens with zero attached hydrogens (tertiary/aromatic N) is 2. The molecule has 0 bridgehead atoms. The number of aromatic amines is 1. The van der Waals surface area contributed by atoms with Gasteiger partial charge in [0.2, 0.25) is 0 Å². The number of aromatic nitrogens is 1. The number of esters is 1. The van der Waals surface area contributed by atoms with Gasteiger partial charge in [-0.2, -0.15) is 0 Å². The molecule has 1 N–H and O–H groups in total. The number of fused-ring (bicyclic) bond motifs is 1. The van der Waals surface area contributed by atoms with E-state index in [1.165, 1.54) is 29.2 Å². The Bertz CT molecular complexity index is 1160. The van der Waals surface area contributed by atoms with Gasteiger partial charge < -0.3 is 14.6 Å². The Balaban J connectivity index is 1.51. The van der Waals surface area contributed by atoms with Crippen molar-refractivity contribution in [3.8, 4) is 0 Å². The molecule has 0 saturated carbocycles. The van der Waals surface area contributed by atoms with Crippen molar-refractivity contribution in [3.63, 3.8) is 0 Å². The lowest BCUT2D eigenvalue weighted by Crippen LogP contribution is -2.32. The van der Waals surface area contributed by atoms with E-state index in [1.807, 2.05) is 0 Å². The molecule has 10 heteroatoms. The SMILES string of the molecule is O=C(OC1CCN(c2cccc([N+](=O)[O-])c2)C1=O)c1cc2c(F)c(F)ccc2[nH]1. The standard InChI is InChI=1S/C19H13F2N3O5/c20-13-4-5-14-12(17(13)21)9-15(22-14)19(26)29-16-6-7-23(18(16)25)10-2-1-3-11(8-10)24(27)28/h1-5,8-9,16,22H,6-7H2. The van der Waals surface area contributed by atoms with Crippen LogP contribution in [0.4, 0.5) is 20.2 Å². The summed E-state index contributed by atoms with van der Waals surface area (Å²) in [5.41, 5.74) is 0.256. The average Bonchev–Trinajstić information content (AvgIpc) is 3.30. The summed E-state index contributed by atoms with van der Waals surface area (Å²) in [5, 5.41) is 10.8. The van der Waals surface area contributed by atoms with Gasteiger partial charge in [-0.05, 0) is 24.3 Å². The van der Waals surface area contributed by atoms with E-state index in [-0.39, 0.29) is 35.2 Å². The summed E-state index contributed by atoms with van der Waals surface area (Å²) in [7, 11) is 0. The number of H-pyrrole nitrogens is 1. The van der Waals surface area contributed by atoms with Crippen molar-refractivity contribution in [2.75, 3.05) is 11.4 Å². The van der Waals surface area contributed by atoms with Gasteiger partial charge >= 0.3 is 5.97 Å². The van der Waals surface area contributed by atoms with Crippen LogP contribution in [0.2, 0.25) is 0 Å². The molecule has 1 aliphatic rings. The van der Waals surface area contributed by atoms with Crippen LogP contribution in [0, 0.1) is 21.7 Å². The smallest absolute Gasteiger partial charge is 0.355 e. The van der Waals surface area contributed by atoms with Crippen LogP contribution >= 0.6 is 0 Å². The van der Waals surface area contributed by atoms with Gasteiger partial charge in [0.25, 0.3) is 11.6 Å². The van der Waals surface area contributed by atoms with Crippen molar-refractivity contribution in [1.82, 2.24) is 4.98 Å². The summed E-state index contributed by atoms with van der Waals surface area (Å²) in [5.74, 6) is -3.55. The first-order chi connectivity index (χ1) is 13.8. The van der Waals surface area contributed by atoms with Crippen molar-refractivity contribution >= 4 is 34.2 Å². The summed E-state index contributed by atoms with van der Waals surface area (Å²) in [6.45, 7) is 0.213. The lowest BCUT2D eigenvalue weighted by atomic mass is 10.2. The van der Waals surface area contributed by atoms with Crippen molar-refractivity contribution in [3.05, 3.63) is 69.9 Å². The molecule has 0 aliphatic carbocycles. The lowest BCUT2D eigenvalue weighted by molar-refractivity contribution is -0.384. The van der Waals surface area contributed by atoms with Gasteiger partial charge in [-0.15, -0.1) is 0 Å². The van der Waals surface area contributed by atoms with E-state index >= 15 is 0 Å². The maximum atomic E-state index is 13.8. The third kappa shape index (κ3) is 3.28. The van der Waals surface area contributed by atoms with Crippen LogP contribution in [-0.4, -0.2) is 34.4 Å². The zero-order valence-corrected chi connectivity index (χ0v) is 14.7. The highest BCUT2D eigenvalue weighted by Gasteiger charge is 2.36. The summed E-state index contributed by atoms with van der Waals surface area (Å²) in [6, 6.07) is 8.91. The Morgan fingerprint density at radius 3 is 2.79 bits per heavy atom. The fourth-order valence-corrected chi connectivity index (χ4v) is 3.24. The highest BCUT2D eigenvalue weighted by atomic mass is 19.2. The van der Waals surface area contributed by atoms with Crippen LogP contribution in [0.3, 0.4) is 0 Å². The van der Waals surface area contributed by atoms with Gasteiger partial charge in [-0.1, -0.05) is 6.07 Å². The molecule has 29 heavy (non-hydrogen) atoms. The largest absolute Gasteiger partial charge is 0.447 e. The minimum Gasteiger partial charge on any atom is -0.447 e. The van der Waals surface area contributed by atoms with Gasteiger partial charge in [-0.25, -0.2) is 13.6 Å². The van der Waals surface area contributed by atoms with Crippen LogP contribution in [0.5, 0.6) is 0 Å². The Hall–Kier alpha value is -3.82. The highest BCUT2D eigenvalue weighted by Crippen LogP contribution is 2.27. The quantitative estimate of drug-likeness (QED) is 0.410. The number of nitrogens with one attached hydrogen (secondary N) is 1. The Morgan fingerprint density at radius 1 is 1.24 bits per heavy atom. The van der Waals surface area contributed by atoms with Crippen molar-refractivity contribution in [2.24, 2.45) is 0 Å². The third-order valence-electron chi connectivity index (χ3n) is 4.67. The highest BCUT2D eigenvalue weighted by molar-refractivity contribution is 6.02. The molecule has 1 saturated heterocycles. The maximum absolute atomic E-state index is 13.8. The van der Waals surface area contributed by atoms with Crippen molar-refractivity contribution in [2.45, 2.75) is 12.5 Å². The number of halogens is 2. The number of benzene rings is 2. The number of nitro groups is 1. The van der Waals surface area contributed by atoms with Crippen LogP contribution in [0.15, 0.2) is 42.5 Å². The number of amides is 1. The van der Waals surface area contributed by atoms with E-state index in [4.69, 9.17) is 4.74 Å². The second-order valence-electron chi connectivity index (χ2n) is 6.46. The predicted octanol–water partition coefficient (Wildman–Crippen LogP) is 3.32. The molecular formula is C19H13F2N3O5. The predicted molar refractivity (Wildman–Crippen MR) is 97.5 cm³/mol. The number of carbonyl (C=O) groups excluding carboxylic acids is 2. The van der Waals surface area contributed by atoms with E-state index in [9.17, 15) is 28.5 Å². The number of rotatable bonds is 4. The van der Waals surface area contributed by atoms with Crippen LogP contribution in [-0.2, 0) is 9.53 Å². The topological polar surface area (TPSA) is 106 Å². The summed E-state index contributed by atoms with van der Waals surface area (Å²) >= 11 is 0. The molecule has 148 valence electrons. The maximum Gasteiger partial charge on any atom is 0.355 e. The molecular weight excluding hydrogens is 388 g/mol. The van der Waals surface area contributed by atoms with Gasteiger partial charge in [0.1, 0.15) is 5.69 Å². The molecule has 1 aromatic heterocycles. The fraction of sp³-hybridized carbons (Fsp3) is 0.158. The normalized spacial score (nSPS) is 16.4. The first-order valence-electron chi connectivity index (χ1n) is 8.58. The van der Waals surface area contributed by atoms with E-state index in [0.717, 1.165) is 12.1 Å². The summed E-state index contributed by atoms with van der Waals surface area (Å²) in [4.78, 5) is 39.2. The molecule has 0 spiro atoms. The zero-order valence-electron chi connectivity index (χ0n) is 14.7. The minimum absolute atomic E-state index is 0.104. The zero-order chi connectivity index (χ0) is 20.7. The molecule has 1 fully saturated rings. The molecule has 1 aliphatic heterocycles. The second kappa shape index (κ2) is 6.97. The fourth-order valence-electron chi connectivity index (χ4n) is 3.24.